The van der Waals surface area contributed by atoms with Gasteiger partial charge in [0.05, 0.1) is 15.1 Å². The minimum atomic E-state index is -3.73. The second kappa shape index (κ2) is 9.43. The molecule has 0 saturated carbocycles. The molecule has 0 bridgehead atoms. The lowest BCUT2D eigenvalue weighted by Gasteiger charge is -2.26. The molecule has 0 unspecified atom stereocenters. The maximum Gasteiger partial charge on any atom is 0.257 e. The molecule has 1 amide bonds. The van der Waals surface area contributed by atoms with Crippen LogP contribution in [-0.4, -0.2) is 29.7 Å². The molecular formula is C25H25N3O3S2. The molecule has 1 N–H and O–H groups in total. The molecular weight excluding hydrogens is 454 g/mol. The average molecular weight is 480 g/mol. The summed E-state index contributed by atoms with van der Waals surface area (Å²) in [6.07, 6.45) is 0. The number of carbonyl (C=O) groups is 1. The zero-order valence-electron chi connectivity index (χ0n) is 18.6. The highest BCUT2D eigenvalue weighted by molar-refractivity contribution is 7.89. The first-order chi connectivity index (χ1) is 15.7. The van der Waals surface area contributed by atoms with E-state index < -0.39 is 10.0 Å². The molecule has 0 aliphatic carbocycles. The normalized spacial score (nSPS) is 11.9. The number of rotatable bonds is 7. The number of hydrogen-bond acceptors (Lipinski definition) is 5. The summed E-state index contributed by atoms with van der Waals surface area (Å²) in [7, 11) is -3.73. The molecule has 0 atom stereocenters. The number of carbonyl (C=O) groups excluding carboxylic acids is 1. The second-order valence-corrected chi connectivity index (χ2v) is 11.0. The van der Waals surface area contributed by atoms with E-state index in [0.29, 0.717) is 10.7 Å². The van der Waals surface area contributed by atoms with Gasteiger partial charge in [0, 0.05) is 18.2 Å². The molecule has 3 aromatic carbocycles. The van der Waals surface area contributed by atoms with Gasteiger partial charge in [0.25, 0.3) is 5.91 Å². The Morgan fingerprint density at radius 1 is 1.03 bits per heavy atom. The molecule has 4 aromatic rings. The number of aromatic nitrogens is 1. The largest absolute Gasteiger partial charge is 0.298 e. The Hall–Kier alpha value is -3.07. The molecule has 0 spiro atoms. The number of sulfonamides is 1. The van der Waals surface area contributed by atoms with Crippen LogP contribution in [0.1, 0.15) is 35.3 Å². The fourth-order valence-electron chi connectivity index (χ4n) is 3.48. The number of nitrogens with zero attached hydrogens (tertiary/aromatic N) is 2. The van der Waals surface area contributed by atoms with Crippen molar-refractivity contribution in [2.45, 2.75) is 38.3 Å². The lowest BCUT2D eigenvalue weighted by Crippen LogP contribution is -2.36. The van der Waals surface area contributed by atoms with E-state index in [9.17, 15) is 13.2 Å². The van der Waals surface area contributed by atoms with Gasteiger partial charge in [-0.15, -0.1) is 0 Å². The van der Waals surface area contributed by atoms with Crippen LogP contribution in [0.2, 0.25) is 0 Å². The minimum absolute atomic E-state index is 0.152. The predicted molar refractivity (Wildman–Crippen MR) is 133 cm³/mol. The zero-order chi connectivity index (χ0) is 23.6. The maximum absolute atomic E-state index is 13.3. The first-order valence-corrected chi connectivity index (χ1v) is 12.8. The lowest BCUT2D eigenvalue weighted by atomic mass is 10.2. The van der Waals surface area contributed by atoms with Gasteiger partial charge < -0.3 is 0 Å². The summed E-state index contributed by atoms with van der Waals surface area (Å²) in [5.74, 6) is -0.334. The van der Waals surface area contributed by atoms with E-state index >= 15 is 0 Å². The van der Waals surface area contributed by atoms with Crippen LogP contribution in [0.5, 0.6) is 0 Å². The summed E-state index contributed by atoms with van der Waals surface area (Å²) in [4.78, 5) is 17.3. The third-order valence-corrected chi connectivity index (χ3v) is 8.21. The first kappa shape index (κ1) is 23.1. The Bertz CT molecular complexity index is 1380. The van der Waals surface area contributed by atoms with Gasteiger partial charge in [-0.1, -0.05) is 47.7 Å². The van der Waals surface area contributed by atoms with E-state index in [4.69, 9.17) is 0 Å². The van der Waals surface area contributed by atoms with Crippen molar-refractivity contribution in [1.29, 1.82) is 0 Å². The lowest BCUT2D eigenvalue weighted by molar-refractivity contribution is 0.102. The summed E-state index contributed by atoms with van der Waals surface area (Å²) in [6.45, 7) is 5.98. The summed E-state index contributed by atoms with van der Waals surface area (Å²) in [5, 5.41) is 3.31. The summed E-state index contributed by atoms with van der Waals surface area (Å²) >= 11 is 1.40. The van der Waals surface area contributed by atoms with E-state index in [2.05, 4.69) is 10.3 Å². The average Bonchev–Trinajstić information content (AvgIpc) is 3.19. The molecule has 4 rings (SSSR count). The van der Waals surface area contributed by atoms with E-state index in [0.717, 1.165) is 21.3 Å². The van der Waals surface area contributed by atoms with Crippen LogP contribution < -0.4 is 5.32 Å². The van der Waals surface area contributed by atoms with Crippen LogP contribution in [0.25, 0.3) is 10.2 Å². The Morgan fingerprint density at radius 3 is 2.39 bits per heavy atom. The Labute approximate surface area is 198 Å². The van der Waals surface area contributed by atoms with Gasteiger partial charge in [-0.05, 0) is 68.3 Å². The summed E-state index contributed by atoms with van der Waals surface area (Å²) in [6, 6.07) is 21.2. The van der Waals surface area contributed by atoms with Crippen LogP contribution in [0, 0.1) is 6.92 Å². The molecule has 1 heterocycles. The highest BCUT2D eigenvalue weighted by Gasteiger charge is 2.27. The highest BCUT2D eigenvalue weighted by atomic mass is 32.2. The van der Waals surface area contributed by atoms with E-state index in [1.54, 1.807) is 0 Å². The molecule has 8 heteroatoms. The van der Waals surface area contributed by atoms with Crippen LogP contribution in [-0.2, 0) is 16.6 Å². The predicted octanol–water partition coefficient (Wildman–Crippen LogP) is 5.46. The van der Waals surface area contributed by atoms with Crippen molar-refractivity contribution in [2.75, 3.05) is 5.32 Å². The molecule has 6 nitrogen and oxygen atoms in total. The molecule has 170 valence electrons. The Balaban J connectivity index is 1.52. The third kappa shape index (κ3) is 5.13. The topological polar surface area (TPSA) is 79.4 Å². The SMILES string of the molecule is Cc1ccc2nc(NC(=O)c3ccc(S(=O)(=O)N(Cc4ccccc4)C(C)C)cc3)sc2c1. The number of hydrogen-bond donors (Lipinski definition) is 1. The van der Waals surface area contributed by atoms with Gasteiger partial charge in [0.2, 0.25) is 10.0 Å². The van der Waals surface area contributed by atoms with Crippen molar-refractivity contribution in [2.24, 2.45) is 0 Å². The Morgan fingerprint density at radius 2 is 1.73 bits per heavy atom. The van der Waals surface area contributed by atoms with Gasteiger partial charge >= 0.3 is 0 Å². The van der Waals surface area contributed by atoms with Gasteiger partial charge in [-0.2, -0.15) is 4.31 Å². The monoisotopic (exact) mass is 479 g/mol. The zero-order valence-corrected chi connectivity index (χ0v) is 20.3. The number of benzene rings is 3. The van der Waals surface area contributed by atoms with Crippen molar-refractivity contribution < 1.29 is 13.2 Å². The standard InChI is InChI=1S/C25H25N3O3S2/c1-17(2)28(16-19-7-5-4-6-8-19)33(30,31)21-12-10-20(11-13-21)24(29)27-25-26-22-14-9-18(3)15-23(22)32-25/h4-15,17H,16H2,1-3H3,(H,26,27,29). The molecule has 0 radical (unpaired) electrons. The maximum atomic E-state index is 13.3. The number of fused-ring (bicyclic) bond motifs is 1. The van der Waals surface area contributed by atoms with Crippen molar-refractivity contribution >= 4 is 42.6 Å². The number of nitrogens with one attached hydrogen (secondary N) is 1. The van der Waals surface area contributed by atoms with Gasteiger partial charge in [0.15, 0.2) is 5.13 Å². The summed E-state index contributed by atoms with van der Waals surface area (Å²) < 4.78 is 29.0. The second-order valence-electron chi connectivity index (χ2n) is 8.10. The fourth-order valence-corrected chi connectivity index (χ4v) is 6.06. The number of anilines is 1. The van der Waals surface area contributed by atoms with Gasteiger partial charge in [0.1, 0.15) is 0 Å². The molecule has 1 aromatic heterocycles. The molecule has 0 fully saturated rings. The fraction of sp³-hybridized carbons (Fsp3) is 0.200. The van der Waals surface area contributed by atoms with Crippen molar-refractivity contribution in [3.8, 4) is 0 Å². The van der Waals surface area contributed by atoms with Crippen molar-refractivity contribution in [1.82, 2.24) is 9.29 Å². The van der Waals surface area contributed by atoms with E-state index in [1.807, 2.05) is 69.3 Å². The van der Waals surface area contributed by atoms with Crippen molar-refractivity contribution in [3.05, 3.63) is 89.5 Å². The number of aryl methyl sites for hydroxylation is 1. The molecule has 0 saturated heterocycles. The van der Waals surface area contributed by atoms with Crippen LogP contribution in [0.3, 0.4) is 0 Å². The third-order valence-electron chi connectivity index (χ3n) is 5.24. The Kier molecular flexibility index (Phi) is 6.60. The first-order valence-electron chi connectivity index (χ1n) is 10.6. The van der Waals surface area contributed by atoms with Crippen LogP contribution in [0.4, 0.5) is 5.13 Å². The number of thiazole rings is 1. The van der Waals surface area contributed by atoms with Crippen LogP contribution >= 0.6 is 11.3 Å². The number of amides is 1. The van der Waals surface area contributed by atoms with Crippen molar-refractivity contribution in [3.63, 3.8) is 0 Å². The summed E-state index contributed by atoms with van der Waals surface area (Å²) in [5.41, 5.74) is 3.23. The van der Waals surface area contributed by atoms with E-state index in [1.165, 1.54) is 39.9 Å². The molecule has 0 aliphatic rings. The molecule has 33 heavy (non-hydrogen) atoms. The molecule has 0 aliphatic heterocycles. The van der Waals surface area contributed by atoms with Gasteiger partial charge in [-0.25, -0.2) is 13.4 Å². The highest BCUT2D eigenvalue weighted by Crippen LogP contribution is 2.27. The minimum Gasteiger partial charge on any atom is -0.298 e. The van der Waals surface area contributed by atoms with Gasteiger partial charge in [-0.3, -0.25) is 10.1 Å². The smallest absolute Gasteiger partial charge is 0.257 e. The van der Waals surface area contributed by atoms with E-state index in [-0.39, 0.29) is 23.4 Å². The van der Waals surface area contributed by atoms with Crippen LogP contribution in [0.15, 0.2) is 77.7 Å². The quantitative estimate of drug-likeness (QED) is 0.382.